The van der Waals surface area contributed by atoms with Gasteiger partial charge in [-0.05, 0) is 31.2 Å². The molecular weight excluding hydrogens is 350 g/mol. The summed E-state index contributed by atoms with van der Waals surface area (Å²) in [6, 6.07) is 6.93. The van der Waals surface area contributed by atoms with Gasteiger partial charge in [0.1, 0.15) is 6.33 Å². The van der Waals surface area contributed by atoms with Gasteiger partial charge in [0.2, 0.25) is 0 Å². The average molecular weight is 371 g/mol. The van der Waals surface area contributed by atoms with E-state index in [1.165, 1.54) is 4.90 Å². The van der Waals surface area contributed by atoms with Gasteiger partial charge in [0.15, 0.2) is 11.6 Å². The SMILES string of the molecule is COCCn1cnnc1CN(C)C(=O)Nc1ccc(-c2nc(C)no2)cc1. The van der Waals surface area contributed by atoms with Crippen molar-refractivity contribution < 1.29 is 14.1 Å². The Morgan fingerprint density at radius 2 is 2.11 bits per heavy atom. The molecule has 0 saturated heterocycles. The standard InChI is InChI=1S/C17H21N7O3/c1-12-19-16(27-22-12)13-4-6-14(7-5-13)20-17(25)23(2)10-15-21-18-11-24(15)8-9-26-3/h4-7,11H,8-10H2,1-3H3,(H,20,25). The predicted octanol–water partition coefficient (Wildman–Crippen LogP) is 1.95. The number of urea groups is 1. The van der Waals surface area contributed by atoms with Gasteiger partial charge in [-0.15, -0.1) is 10.2 Å². The molecule has 1 aromatic carbocycles. The van der Waals surface area contributed by atoms with Crippen molar-refractivity contribution in [3.63, 3.8) is 0 Å². The molecule has 1 N–H and O–H groups in total. The number of hydrogen-bond donors (Lipinski definition) is 1. The number of amides is 2. The van der Waals surface area contributed by atoms with Crippen molar-refractivity contribution in [2.45, 2.75) is 20.0 Å². The Kier molecular flexibility index (Phi) is 5.77. The van der Waals surface area contributed by atoms with Gasteiger partial charge < -0.3 is 24.0 Å². The van der Waals surface area contributed by atoms with Crippen LogP contribution in [0.15, 0.2) is 35.1 Å². The van der Waals surface area contributed by atoms with Gasteiger partial charge in [0.25, 0.3) is 5.89 Å². The van der Waals surface area contributed by atoms with Gasteiger partial charge in [-0.1, -0.05) is 5.16 Å². The van der Waals surface area contributed by atoms with Crippen molar-refractivity contribution in [2.75, 3.05) is 26.1 Å². The molecule has 10 heteroatoms. The molecule has 27 heavy (non-hydrogen) atoms. The van der Waals surface area contributed by atoms with E-state index in [0.717, 1.165) is 5.56 Å². The van der Waals surface area contributed by atoms with Crippen molar-refractivity contribution >= 4 is 11.7 Å². The van der Waals surface area contributed by atoms with Gasteiger partial charge in [0.05, 0.1) is 13.2 Å². The third-order valence-corrected chi connectivity index (χ3v) is 3.87. The summed E-state index contributed by atoms with van der Waals surface area (Å²) in [4.78, 5) is 18.1. The Bertz CT molecular complexity index is 888. The predicted molar refractivity (Wildman–Crippen MR) is 96.9 cm³/mol. The first kappa shape index (κ1) is 18.5. The molecule has 0 radical (unpaired) electrons. The first-order valence-corrected chi connectivity index (χ1v) is 8.35. The highest BCUT2D eigenvalue weighted by molar-refractivity contribution is 5.89. The van der Waals surface area contributed by atoms with Crippen LogP contribution in [0.4, 0.5) is 10.5 Å². The fourth-order valence-corrected chi connectivity index (χ4v) is 2.39. The summed E-state index contributed by atoms with van der Waals surface area (Å²) in [5.74, 6) is 1.70. The first-order chi connectivity index (χ1) is 13.1. The lowest BCUT2D eigenvalue weighted by Crippen LogP contribution is -2.32. The quantitative estimate of drug-likeness (QED) is 0.675. The molecule has 0 bridgehead atoms. The topological polar surface area (TPSA) is 111 Å². The maximum atomic E-state index is 12.4. The lowest BCUT2D eigenvalue weighted by Gasteiger charge is -2.18. The van der Waals surface area contributed by atoms with Crippen molar-refractivity contribution in [3.05, 3.63) is 42.2 Å². The summed E-state index contributed by atoms with van der Waals surface area (Å²) < 4.78 is 12.0. The summed E-state index contributed by atoms with van der Waals surface area (Å²) in [7, 11) is 3.33. The molecule has 0 saturated carbocycles. The number of nitrogens with zero attached hydrogens (tertiary/aromatic N) is 6. The summed E-state index contributed by atoms with van der Waals surface area (Å²) >= 11 is 0. The van der Waals surface area contributed by atoms with E-state index in [0.29, 0.717) is 42.9 Å². The van der Waals surface area contributed by atoms with Gasteiger partial charge >= 0.3 is 6.03 Å². The molecule has 0 aliphatic carbocycles. The lowest BCUT2D eigenvalue weighted by atomic mass is 10.2. The molecule has 2 heterocycles. The minimum Gasteiger partial charge on any atom is -0.383 e. The van der Waals surface area contributed by atoms with E-state index >= 15 is 0 Å². The van der Waals surface area contributed by atoms with Crippen LogP contribution in [0, 0.1) is 6.92 Å². The minimum absolute atomic E-state index is 0.252. The third-order valence-electron chi connectivity index (χ3n) is 3.87. The van der Waals surface area contributed by atoms with Crippen LogP contribution in [0.2, 0.25) is 0 Å². The molecule has 0 aliphatic rings. The molecule has 0 fully saturated rings. The summed E-state index contributed by atoms with van der Waals surface area (Å²) in [6.45, 7) is 3.26. The average Bonchev–Trinajstić information content (AvgIpc) is 3.29. The Morgan fingerprint density at radius 1 is 1.33 bits per heavy atom. The zero-order chi connectivity index (χ0) is 19.2. The van der Waals surface area contributed by atoms with E-state index < -0.39 is 0 Å². The molecule has 3 rings (SSSR count). The number of rotatable bonds is 7. The number of ether oxygens (including phenoxy) is 1. The monoisotopic (exact) mass is 371 g/mol. The number of methoxy groups -OCH3 is 1. The zero-order valence-corrected chi connectivity index (χ0v) is 15.4. The second kappa shape index (κ2) is 8.41. The number of anilines is 1. The highest BCUT2D eigenvalue weighted by atomic mass is 16.5. The van der Waals surface area contributed by atoms with Gasteiger partial charge in [-0.25, -0.2) is 4.79 Å². The molecule has 10 nitrogen and oxygen atoms in total. The van der Waals surface area contributed by atoms with Crippen molar-refractivity contribution in [1.29, 1.82) is 0 Å². The number of carbonyl (C=O) groups is 1. The van der Waals surface area contributed by atoms with Crippen LogP contribution in [-0.4, -0.2) is 56.6 Å². The fraction of sp³-hybridized carbons (Fsp3) is 0.353. The Morgan fingerprint density at radius 3 is 2.78 bits per heavy atom. The Balaban J connectivity index is 1.59. The molecule has 0 atom stereocenters. The second-order valence-corrected chi connectivity index (χ2v) is 5.94. The number of carbonyl (C=O) groups excluding carboxylic acids is 1. The normalized spacial score (nSPS) is 10.8. The van der Waals surface area contributed by atoms with Gasteiger partial charge in [0, 0.05) is 32.0 Å². The Hall–Kier alpha value is -3.27. The number of hydrogen-bond acceptors (Lipinski definition) is 7. The second-order valence-electron chi connectivity index (χ2n) is 5.94. The molecular formula is C17H21N7O3. The third kappa shape index (κ3) is 4.67. The van der Waals surface area contributed by atoms with Crippen LogP contribution >= 0.6 is 0 Å². The van der Waals surface area contributed by atoms with E-state index in [-0.39, 0.29) is 6.03 Å². The molecule has 3 aromatic rings. The van der Waals surface area contributed by atoms with Crippen LogP contribution in [0.5, 0.6) is 0 Å². The van der Waals surface area contributed by atoms with Gasteiger partial charge in [-0.3, -0.25) is 0 Å². The molecule has 2 amide bonds. The van der Waals surface area contributed by atoms with Crippen LogP contribution in [0.3, 0.4) is 0 Å². The van der Waals surface area contributed by atoms with E-state index in [1.54, 1.807) is 39.5 Å². The maximum absolute atomic E-state index is 12.4. The largest absolute Gasteiger partial charge is 0.383 e. The first-order valence-electron chi connectivity index (χ1n) is 8.35. The van der Waals surface area contributed by atoms with Crippen LogP contribution < -0.4 is 5.32 Å². The summed E-state index contributed by atoms with van der Waals surface area (Å²) in [5, 5.41) is 14.6. The number of aromatic nitrogens is 5. The van der Waals surface area contributed by atoms with Gasteiger partial charge in [-0.2, -0.15) is 4.98 Å². The summed E-state index contributed by atoms with van der Waals surface area (Å²) in [5.41, 5.74) is 1.45. The number of nitrogens with one attached hydrogen (secondary N) is 1. The molecule has 142 valence electrons. The minimum atomic E-state index is -0.252. The maximum Gasteiger partial charge on any atom is 0.321 e. The van der Waals surface area contributed by atoms with E-state index in [2.05, 4.69) is 25.7 Å². The molecule has 0 unspecified atom stereocenters. The van der Waals surface area contributed by atoms with E-state index in [4.69, 9.17) is 9.26 Å². The lowest BCUT2D eigenvalue weighted by molar-refractivity contribution is 0.184. The van der Waals surface area contributed by atoms with E-state index in [1.807, 2.05) is 16.7 Å². The highest BCUT2D eigenvalue weighted by Crippen LogP contribution is 2.19. The van der Waals surface area contributed by atoms with E-state index in [9.17, 15) is 4.79 Å². The van der Waals surface area contributed by atoms with Crippen molar-refractivity contribution in [2.24, 2.45) is 0 Å². The molecule has 0 spiro atoms. The fourth-order valence-electron chi connectivity index (χ4n) is 2.39. The van der Waals surface area contributed by atoms with Crippen LogP contribution in [-0.2, 0) is 17.8 Å². The summed E-state index contributed by atoms with van der Waals surface area (Å²) in [6.07, 6.45) is 1.62. The smallest absolute Gasteiger partial charge is 0.321 e. The Labute approximate surface area is 156 Å². The van der Waals surface area contributed by atoms with Crippen molar-refractivity contribution in [3.8, 4) is 11.5 Å². The number of aryl methyl sites for hydroxylation is 1. The molecule has 0 aliphatic heterocycles. The zero-order valence-electron chi connectivity index (χ0n) is 15.4. The highest BCUT2D eigenvalue weighted by Gasteiger charge is 2.14. The van der Waals surface area contributed by atoms with Crippen LogP contribution in [0.25, 0.3) is 11.5 Å². The van der Waals surface area contributed by atoms with Crippen LogP contribution in [0.1, 0.15) is 11.6 Å². The number of benzene rings is 1. The van der Waals surface area contributed by atoms with Crippen molar-refractivity contribution in [1.82, 2.24) is 29.8 Å². The molecule has 2 aromatic heterocycles.